The highest BCUT2D eigenvalue weighted by molar-refractivity contribution is 7.91. The third-order valence-electron chi connectivity index (χ3n) is 3.60. The second kappa shape index (κ2) is 6.27. The van der Waals surface area contributed by atoms with Gasteiger partial charge in [-0.15, -0.1) is 0 Å². The van der Waals surface area contributed by atoms with Crippen molar-refractivity contribution >= 4 is 26.6 Å². The molecule has 0 fully saturated rings. The van der Waals surface area contributed by atoms with Gasteiger partial charge in [-0.25, -0.2) is 17.2 Å². The summed E-state index contributed by atoms with van der Waals surface area (Å²) < 4.78 is 91.4. The van der Waals surface area contributed by atoms with E-state index in [1.807, 2.05) is 0 Å². The zero-order valence-corrected chi connectivity index (χ0v) is 13.7. The Kier molecular flexibility index (Phi) is 4.39. The molecule has 4 nitrogen and oxygen atoms in total. The van der Waals surface area contributed by atoms with Crippen LogP contribution in [-0.2, 0) is 22.0 Å². The summed E-state index contributed by atoms with van der Waals surface area (Å²) in [5, 5.41) is 0.0940. The number of fused-ring (bicyclic) bond motifs is 1. The first-order valence-electron chi connectivity index (χ1n) is 7.18. The number of hydrogen-bond donors (Lipinski definition) is 2. The van der Waals surface area contributed by atoms with E-state index in [-0.39, 0.29) is 22.2 Å². The first kappa shape index (κ1) is 18.2. The van der Waals surface area contributed by atoms with E-state index in [9.17, 15) is 30.4 Å². The zero-order chi connectivity index (χ0) is 19.1. The van der Waals surface area contributed by atoms with Crippen LogP contribution in [0, 0.1) is 11.6 Å². The van der Waals surface area contributed by atoms with Gasteiger partial charge in [0, 0.05) is 17.6 Å². The Morgan fingerprint density at radius 3 is 2.42 bits per heavy atom. The standard InChI is InChI=1S/C16H11F5N2O2S/c17-12-5-11-14(6-13(12)18)22-7-15(11)23-26(24,25)8-9-2-1-3-10(4-9)16(19,20)21/h1-7,22-23H,8H2. The largest absolute Gasteiger partial charge is 0.416 e. The molecule has 0 saturated heterocycles. The molecule has 0 atom stereocenters. The number of hydrogen-bond acceptors (Lipinski definition) is 2. The highest BCUT2D eigenvalue weighted by Gasteiger charge is 2.30. The fourth-order valence-electron chi connectivity index (χ4n) is 2.46. The van der Waals surface area contributed by atoms with Crippen molar-refractivity contribution in [3.8, 4) is 0 Å². The average molecular weight is 390 g/mol. The predicted molar refractivity (Wildman–Crippen MR) is 85.9 cm³/mol. The van der Waals surface area contributed by atoms with Crippen molar-refractivity contribution in [2.75, 3.05) is 4.72 Å². The van der Waals surface area contributed by atoms with E-state index in [0.717, 1.165) is 30.3 Å². The molecule has 0 saturated carbocycles. The number of anilines is 1. The molecule has 0 aliphatic rings. The first-order valence-corrected chi connectivity index (χ1v) is 8.83. The van der Waals surface area contributed by atoms with E-state index in [4.69, 9.17) is 0 Å². The van der Waals surface area contributed by atoms with Crippen LogP contribution in [0.2, 0.25) is 0 Å². The zero-order valence-electron chi connectivity index (χ0n) is 12.9. The molecule has 0 aliphatic carbocycles. The summed E-state index contributed by atoms with van der Waals surface area (Å²) in [7, 11) is -4.09. The van der Waals surface area contributed by atoms with Gasteiger partial charge in [-0.3, -0.25) is 4.72 Å². The van der Waals surface area contributed by atoms with Gasteiger partial charge in [-0.2, -0.15) is 13.2 Å². The summed E-state index contributed by atoms with van der Waals surface area (Å²) in [5.41, 5.74) is -0.897. The smallest absolute Gasteiger partial charge is 0.359 e. The van der Waals surface area contributed by atoms with Crippen LogP contribution in [-0.4, -0.2) is 13.4 Å². The van der Waals surface area contributed by atoms with Crippen LogP contribution in [0.1, 0.15) is 11.1 Å². The van der Waals surface area contributed by atoms with E-state index in [1.54, 1.807) is 0 Å². The third kappa shape index (κ3) is 3.79. The van der Waals surface area contributed by atoms with Crippen molar-refractivity contribution in [1.29, 1.82) is 0 Å². The quantitative estimate of drug-likeness (QED) is 0.649. The van der Waals surface area contributed by atoms with Crippen molar-refractivity contribution in [3.05, 3.63) is 65.4 Å². The normalized spacial score (nSPS) is 12.5. The topological polar surface area (TPSA) is 62.0 Å². The van der Waals surface area contributed by atoms with Gasteiger partial charge >= 0.3 is 6.18 Å². The summed E-state index contributed by atoms with van der Waals surface area (Å²) in [5.74, 6) is -2.97. The van der Waals surface area contributed by atoms with E-state index >= 15 is 0 Å². The summed E-state index contributed by atoms with van der Waals surface area (Å²) in [6.07, 6.45) is -3.39. The summed E-state index contributed by atoms with van der Waals surface area (Å²) >= 11 is 0. The lowest BCUT2D eigenvalue weighted by Gasteiger charge is -2.10. The molecule has 26 heavy (non-hydrogen) atoms. The number of aromatic amines is 1. The number of sulfonamides is 1. The Morgan fingerprint density at radius 2 is 1.73 bits per heavy atom. The van der Waals surface area contributed by atoms with Crippen molar-refractivity contribution < 1.29 is 30.4 Å². The van der Waals surface area contributed by atoms with Crippen LogP contribution in [0.4, 0.5) is 27.6 Å². The van der Waals surface area contributed by atoms with Gasteiger partial charge in [0.2, 0.25) is 10.0 Å². The highest BCUT2D eigenvalue weighted by Crippen LogP contribution is 2.30. The minimum Gasteiger partial charge on any atom is -0.359 e. The molecule has 10 heteroatoms. The van der Waals surface area contributed by atoms with Crippen molar-refractivity contribution in [3.63, 3.8) is 0 Å². The molecule has 2 N–H and O–H groups in total. The molecule has 2 aromatic carbocycles. The van der Waals surface area contributed by atoms with Gasteiger partial charge in [0.15, 0.2) is 11.6 Å². The number of benzene rings is 2. The number of alkyl halides is 3. The summed E-state index contributed by atoms with van der Waals surface area (Å²) in [6, 6.07) is 5.62. The minimum absolute atomic E-state index is 0.0362. The number of rotatable bonds is 4. The Morgan fingerprint density at radius 1 is 1.04 bits per heavy atom. The van der Waals surface area contributed by atoms with Crippen molar-refractivity contribution in [2.24, 2.45) is 0 Å². The Bertz CT molecular complexity index is 1070. The lowest BCUT2D eigenvalue weighted by molar-refractivity contribution is -0.137. The van der Waals surface area contributed by atoms with Crippen LogP contribution in [0.15, 0.2) is 42.6 Å². The van der Waals surface area contributed by atoms with Crippen LogP contribution in [0.3, 0.4) is 0 Å². The number of nitrogens with one attached hydrogen (secondary N) is 2. The van der Waals surface area contributed by atoms with Gasteiger partial charge in [-0.05, 0) is 17.7 Å². The second-order valence-corrected chi connectivity index (χ2v) is 7.30. The van der Waals surface area contributed by atoms with E-state index in [1.165, 1.54) is 12.3 Å². The van der Waals surface area contributed by atoms with Crippen LogP contribution in [0.5, 0.6) is 0 Å². The van der Waals surface area contributed by atoms with Crippen LogP contribution >= 0.6 is 0 Å². The van der Waals surface area contributed by atoms with Crippen LogP contribution in [0.25, 0.3) is 10.9 Å². The third-order valence-corrected chi connectivity index (χ3v) is 4.84. The molecule has 0 radical (unpaired) electrons. The van der Waals surface area contributed by atoms with Crippen LogP contribution < -0.4 is 4.72 Å². The maximum absolute atomic E-state index is 13.4. The van der Waals surface area contributed by atoms with Crippen molar-refractivity contribution in [1.82, 2.24) is 4.98 Å². The van der Waals surface area contributed by atoms with Crippen molar-refractivity contribution in [2.45, 2.75) is 11.9 Å². The average Bonchev–Trinajstić information content (AvgIpc) is 2.88. The lowest BCUT2D eigenvalue weighted by atomic mass is 10.1. The molecule has 3 aromatic rings. The van der Waals surface area contributed by atoms with Gasteiger partial charge < -0.3 is 4.98 Å². The maximum atomic E-state index is 13.4. The van der Waals surface area contributed by atoms with Gasteiger partial charge in [0.1, 0.15) is 0 Å². The summed E-state index contributed by atoms with van der Waals surface area (Å²) in [6.45, 7) is 0. The molecule has 138 valence electrons. The van der Waals surface area contributed by atoms with E-state index in [0.29, 0.717) is 0 Å². The molecule has 0 unspecified atom stereocenters. The minimum atomic E-state index is -4.59. The SMILES string of the molecule is O=S(=O)(Cc1cccc(C(F)(F)F)c1)Nc1c[nH]c2cc(F)c(F)cc12. The Balaban J connectivity index is 1.87. The monoisotopic (exact) mass is 390 g/mol. The van der Waals surface area contributed by atoms with Gasteiger partial charge in [0.25, 0.3) is 0 Å². The van der Waals surface area contributed by atoms with Gasteiger partial charge in [0.05, 0.1) is 22.5 Å². The molecule has 0 spiro atoms. The lowest BCUT2D eigenvalue weighted by Crippen LogP contribution is -2.15. The predicted octanol–water partition coefficient (Wildman–Crippen LogP) is 4.41. The maximum Gasteiger partial charge on any atom is 0.416 e. The molecular formula is C16H11F5N2O2S. The fraction of sp³-hybridized carbons (Fsp3) is 0.125. The van der Waals surface area contributed by atoms with E-state index in [2.05, 4.69) is 9.71 Å². The molecule has 0 aliphatic heterocycles. The fourth-order valence-corrected chi connectivity index (χ4v) is 3.66. The number of H-pyrrole nitrogens is 1. The second-order valence-electron chi connectivity index (χ2n) is 5.57. The number of aromatic nitrogens is 1. The highest BCUT2D eigenvalue weighted by atomic mass is 32.2. The molecule has 3 rings (SSSR count). The molecule has 1 heterocycles. The summed E-state index contributed by atoms with van der Waals surface area (Å²) in [4.78, 5) is 2.59. The van der Waals surface area contributed by atoms with Gasteiger partial charge in [-0.1, -0.05) is 18.2 Å². The molecule has 1 aromatic heterocycles. The number of halogens is 5. The molecular weight excluding hydrogens is 379 g/mol. The molecule has 0 amide bonds. The molecule has 0 bridgehead atoms. The Labute approximate surface area is 144 Å². The van der Waals surface area contributed by atoms with E-state index < -0.39 is 39.2 Å². The Hall–Kier alpha value is -2.62. The first-order chi connectivity index (χ1) is 12.0.